The second-order valence-corrected chi connectivity index (χ2v) is 5.84. The highest BCUT2D eigenvalue weighted by Crippen LogP contribution is 2.17. The fourth-order valence-corrected chi connectivity index (χ4v) is 3.18. The first-order valence-corrected chi connectivity index (χ1v) is 7.89. The number of nitrogens with zero attached hydrogens (tertiary/aromatic N) is 1. The minimum Gasteiger partial charge on any atom is -0.351 e. The topological polar surface area (TPSA) is 58.4 Å². The van der Waals surface area contributed by atoms with Crippen LogP contribution in [0.3, 0.4) is 0 Å². The van der Waals surface area contributed by atoms with E-state index in [1.165, 1.54) is 17.8 Å². The van der Waals surface area contributed by atoms with Crippen molar-refractivity contribution in [1.29, 1.82) is 0 Å². The minimum absolute atomic E-state index is 0.0173. The number of amides is 1. The molecule has 1 fully saturated rings. The van der Waals surface area contributed by atoms with E-state index in [0.717, 1.165) is 31.7 Å². The Labute approximate surface area is 124 Å². The van der Waals surface area contributed by atoms with Gasteiger partial charge in [0, 0.05) is 18.7 Å². The molecule has 1 aliphatic heterocycles. The molecule has 1 aromatic heterocycles. The number of hydrogen-bond donors (Lipinski definition) is 2. The van der Waals surface area contributed by atoms with E-state index in [1.54, 1.807) is 0 Å². The molecule has 3 N–H and O–H groups in total. The van der Waals surface area contributed by atoms with Gasteiger partial charge in [0.1, 0.15) is 4.88 Å². The summed E-state index contributed by atoms with van der Waals surface area (Å²) in [4.78, 5) is 15.3. The van der Waals surface area contributed by atoms with Crippen molar-refractivity contribution in [1.82, 2.24) is 10.2 Å². The molecular weight excluding hydrogens is 270 g/mol. The number of nitrogens with two attached hydrogens (primary N) is 1. The van der Waals surface area contributed by atoms with Crippen LogP contribution in [0.15, 0.2) is 11.4 Å². The molecule has 0 aromatic carbocycles. The Morgan fingerprint density at radius 3 is 3.20 bits per heavy atom. The van der Waals surface area contributed by atoms with Gasteiger partial charge in [0.2, 0.25) is 0 Å². The van der Waals surface area contributed by atoms with Crippen LogP contribution >= 0.6 is 11.3 Å². The van der Waals surface area contributed by atoms with Crippen LogP contribution < -0.4 is 11.1 Å². The quantitative estimate of drug-likeness (QED) is 0.818. The molecule has 2 rings (SSSR count). The van der Waals surface area contributed by atoms with Crippen LogP contribution in [0.4, 0.5) is 0 Å². The zero-order chi connectivity index (χ0) is 14.4. The minimum atomic E-state index is -0.0173. The molecule has 1 unspecified atom stereocenters. The lowest BCUT2D eigenvalue weighted by atomic mass is 10.1. The molecule has 0 radical (unpaired) electrons. The maximum absolute atomic E-state index is 12.2. The third kappa shape index (κ3) is 3.83. The fraction of sp³-hybridized carbons (Fsp3) is 0.533. The smallest absolute Gasteiger partial charge is 0.262 e. The SMILES string of the molecule is CCN1CCC(CNC(=O)c2sccc2C#CCN)C1. The molecule has 1 atom stereocenters. The van der Waals surface area contributed by atoms with Gasteiger partial charge >= 0.3 is 0 Å². The van der Waals surface area contributed by atoms with Crippen molar-refractivity contribution < 1.29 is 4.79 Å². The summed E-state index contributed by atoms with van der Waals surface area (Å²) in [6.07, 6.45) is 1.17. The van der Waals surface area contributed by atoms with E-state index in [2.05, 4.69) is 29.0 Å². The standard InChI is InChI=1S/C15H21N3OS/c1-2-18-8-5-12(11-18)10-17-15(19)14-13(4-3-7-16)6-9-20-14/h6,9,12H,2,5,7-8,10-11,16H2,1H3,(H,17,19). The van der Waals surface area contributed by atoms with Gasteiger partial charge in [-0.2, -0.15) is 0 Å². The molecule has 1 saturated heterocycles. The van der Waals surface area contributed by atoms with E-state index in [9.17, 15) is 4.79 Å². The highest BCUT2D eigenvalue weighted by atomic mass is 32.1. The van der Waals surface area contributed by atoms with Crippen LogP contribution in [0.25, 0.3) is 0 Å². The Bertz CT molecular complexity index is 515. The van der Waals surface area contributed by atoms with Gasteiger partial charge in [-0.15, -0.1) is 11.3 Å². The highest BCUT2D eigenvalue weighted by Gasteiger charge is 2.22. The first-order valence-electron chi connectivity index (χ1n) is 7.01. The van der Waals surface area contributed by atoms with Crippen molar-refractivity contribution in [2.45, 2.75) is 13.3 Å². The third-order valence-corrected chi connectivity index (χ3v) is 4.48. The first-order chi connectivity index (χ1) is 9.74. The molecule has 0 spiro atoms. The average Bonchev–Trinajstić information content (AvgIpc) is 3.11. The molecule has 1 aliphatic rings. The van der Waals surface area contributed by atoms with Crippen molar-refractivity contribution in [3.63, 3.8) is 0 Å². The van der Waals surface area contributed by atoms with Crippen molar-refractivity contribution in [3.05, 3.63) is 21.9 Å². The third-order valence-electron chi connectivity index (χ3n) is 3.57. The molecule has 1 aromatic rings. The monoisotopic (exact) mass is 291 g/mol. The maximum atomic E-state index is 12.2. The van der Waals surface area contributed by atoms with Crippen molar-refractivity contribution in [2.24, 2.45) is 11.7 Å². The Morgan fingerprint density at radius 2 is 2.50 bits per heavy atom. The number of rotatable bonds is 4. The molecule has 5 heteroatoms. The van der Waals surface area contributed by atoms with Crippen molar-refractivity contribution in [3.8, 4) is 11.8 Å². The van der Waals surface area contributed by atoms with Crippen LogP contribution in [0.1, 0.15) is 28.6 Å². The molecule has 0 saturated carbocycles. The number of carbonyl (C=O) groups is 1. The van der Waals surface area contributed by atoms with Gasteiger partial charge in [0.25, 0.3) is 5.91 Å². The summed E-state index contributed by atoms with van der Waals surface area (Å²) in [6.45, 7) is 6.55. The Kier molecular flexibility index (Phi) is 5.60. The van der Waals surface area contributed by atoms with Gasteiger partial charge < -0.3 is 16.0 Å². The van der Waals surface area contributed by atoms with Gasteiger partial charge in [-0.1, -0.05) is 18.8 Å². The zero-order valence-electron chi connectivity index (χ0n) is 11.8. The predicted molar refractivity (Wildman–Crippen MR) is 82.8 cm³/mol. The van der Waals surface area contributed by atoms with Gasteiger partial charge in [-0.05, 0) is 36.9 Å². The average molecular weight is 291 g/mol. The first kappa shape index (κ1) is 15.0. The summed E-state index contributed by atoms with van der Waals surface area (Å²) in [6, 6.07) is 1.87. The molecule has 1 amide bonds. The Morgan fingerprint density at radius 1 is 1.65 bits per heavy atom. The van der Waals surface area contributed by atoms with Gasteiger partial charge in [-0.25, -0.2) is 0 Å². The highest BCUT2D eigenvalue weighted by molar-refractivity contribution is 7.12. The van der Waals surface area contributed by atoms with Crippen LogP contribution in [0, 0.1) is 17.8 Å². The second kappa shape index (κ2) is 7.44. The summed E-state index contributed by atoms with van der Waals surface area (Å²) < 4.78 is 0. The van der Waals surface area contributed by atoms with Crippen molar-refractivity contribution >= 4 is 17.2 Å². The number of thiophene rings is 1. The molecule has 108 valence electrons. The zero-order valence-corrected chi connectivity index (χ0v) is 12.6. The predicted octanol–water partition coefficient (Wildman–Crippen LogP) is 1.13. The van der Waals surface area contributed by atoms with Gasteiger partial charge in [0.05, 0.1) is 6.54 Å². The summed E-state index contributed by atoms with van der Waals surface area (Å²) in [5.74, 6) is 6.29. The normalized spacial score (nSPS) is 18.6. The Balaban J connectivity index is 1.88. The summed E-state index contributed by atoms with van der Waals surface area (Å²) in [7, 11) is 0. The van der Waals surface area contributed by atoms with Crippen molar-refractivity contribution in [2.75, 3.05) is 32.7 Å². The van der Waals surface area contributed by atoms with Crippen LogP contribution in [-0.4, -0.2) is 43.5 Å². The van der Waals surface area contributed by atoms with E-state index in [0.29, 0.717) is 17.3 Å². The Hall–Kier alpha value is -1.35. The largest absolute Gasteiger partial charge is 0.351 e. The molecule has 2 heterocycles. The van der Waals surface area contributed by atoms with E-state index < -0.39 is 0 Å². The number of hydrogen-bond acceptors (Lipinski definition) is 4. The van der Waals surface area contributed by atoms with Gasteiger partial charge in [0.15, 0.2) is 0 Å². The lowest BCUT2D eigenvalue weighted by molar-refractivity contribution is 0.0951. The lowest BCUT2D eigenvalue weighted by Crippen LogP contribution is -2.30. The molecule has 20 heavy (non-hydrogen) atoms. The van der Waals surface area contributed by atoms with E-state index in [-0.39, 0.29) is 5.91 Å². The molecule has 0 bridgehead atoms. The summed E-state index contributed by atoms with van der Waals surface area (Å²) >= 11 is 1.43. The summed E-state index contributed by atoms with van der Waals surface area (Å²) in [5.41, 5.74) is 6.14. The molecular formula is C15H21N3OS. The van der Waals surface area contributed by atoms with Crippen LogP contribution in [0.2, 0.25) is 0 Å². The number of likely N-dealkylation sites (tertiary alicyclic amines) is 1. The lowest BCUT2D eigenvalue weighted by Gasteiger charge is -2.13. The van der Waals surface area contributed by atoms with E-state index in [4.69, 9.17) is 5.73 Å². The number of carbonyl (C=O) groups excluding carboxylic acids is 1. The maximum Gasteiger partial charge on any atom is 0.262 e. The van der Waals surface area contributed by atoms with Crippen LogP contribution in [-0.2, 0) is 0 Å². The fourth-order valence-electron chi connectivity index (χ4n) is 2.41. The molecule has 4 nitrogen and oxygen atoms in total. The molecule has 0 aliphatic carbocycles. The van der Waals surface area contributed by atoms with E-state index >= 15 is 0 Å². The van der Waals surface area contributed by atoms with Crippen LogP contribution in [0.5, 0.6) is 0 Å². The number of nitrogens with one attached hydrogen (secondary N) is 1. The van der Waals surface area contributed by atoms with Gasteiger partial charge in [-0.3, -0.25) is 4.79 Å². The summed E-state index contributed by atoms with van der Waals surface area (Å²) in [5, 5.41) is 4.93. The van der Waals surface area contributed by atoms with E-state index in [1.807, 2.05) is 11.4 Å². The second-order valence-electron chi connectivity index (χ2n) is 4.93.